The highest BCUT2D eigenvalue weighted by Crippen LogP contribution is 2.23. The number of para-hydroxylation sites is 2. The van der Waals surface area contributed by atoms with Gasteiger partial charge in [0.1, 0.15) is 6.29 Å². The van der Waals surface area contributed by atoms with Crippen LogP contribution >= 0.6 is 0 Å². The average Bonchev–Trinajstić information content (AvgIpc) is 2.09. The van der Waals surface area contributed by atoms with Crippen molar-refractivity contribution in [3.8, 4) is 11.5 Å². The quantitative estimate of drug-likeness (QED) is 0.542. The van der Waals surface area contributed by atoms with Crippen LogP contribution in [0.4, 0.5) is 0 Å². The van der Waals surface area contributed by atoms with E-state index in [0.717, 1.165) is 6.29 Å². The molecule has 0 saturated carbocycles. The third-order valence-electron chi connectivity index (χ3n) is 1.36. The van der Waals surface area contributed by atoms with Gasteiger partial charge in [-0.15, -0.1) is 0 Å². The Bertz CT molecular complexity index is 258. The standard InChI is InChI=1S/C9H10O3/c10-6-3-7-12-9-5-2-1-4-8(9)11/h1-2,4-6,11H,3,7H2. The maximum absolute atomic E-state index is 9.94. The van der Waals surface area contributed by atoms with Gasteiger partial charge in [0.05, 0.1) is 6.61 Å². The summed E-state index contributed by atoms with van der Waals surface area (Å²) >= 11 is 0. The van der Waals surface area contributed by atoms with Crippen molar-refractivity contribution in [2.45, 2.75) is 6.42 Å². The van der Waals surface area contributed by atoms with Crippen LogP contribution < -0.4 is 4.74 Å². The minimum absolute atomic E-state index is 0.100. The van der Waals surface area contributed by atoms with Crippen molar-refractivity contribution in [1.29, 1.82) is 0 Å². The van der Waals surface area contributed by atoms with Gasteiger partial charge in [0.15, 0.2) is 11.5 Å². The lowest BCUT2D eigenvalue weighted by Gasteiger charge is -2.04. The number of carbonyl (C=O) groups is 1. The molecule has 12 heavy (non-hydrogen) atoms. The first kappa shape index (κ1) is 8.59. The zero-order valence-corrected chi connectivity index (χ0v) is 6.56. The third kappa shape index (κ3) is 2.27. The van der Waals surface area contributed by atoms with Crippen LogP contribution in [0.3, 0.4) is 0 Å². The summed E-state index contributed by atoms with van der Waals surface area (Å²) < 4.78 is 5.10. The summed E-state index contributed by atoms with van der Waals surface area (Å²) in [6, 6.07) is 6.66. The highest BCUT2D eigenvalue weighted by molar-refractivity contribution is 5.49. The Morgan fingerprint density at radius 1 is 1.42 bits per heavy atom. The highest BCUT2D eigenvalue weighted by atomic mass is 16.5. The van der Waals surface area contributed by atoms with Crippen LogP contribution in [0.25, 0.3) is 0 Å². The first-order valence-corrected chi connectivity index (χ1v) is 3.69. The van der Waals surface area contributed by atoms with Gasteiger partial charge in [-0.3, -0.25) is 0 Å². The maximum atomic E-state index is 9.94. The zero-order chi connectivity index (χ0) is 8.81. The van der Waals surface area contributed by atoms with Crippen molar-refractivity contribution in [3.63, 3.8) is 0 Å². The number of ether oxygens (including phenoxy) is 1. The Labute approximate surface area is 70.6 Å². The van der Waals surface area contributed by atoms with E-state index in [0.29, 0.717) is 18.8 Å². The van der Waals surface area contributed by atoms with Gasteiger partial charge < -0.3 is 14.6 Å². The highest BCUT2D eigenvalue weighted by Gasteiger charge is 1.98. The van der Waals surface area contributed by atoms with Gasteiger partial charge in [-0.05, 0) is 12.1 Å². The van der Waals surface area contributed by atoms with Gasteiger partial charge in [-0.1, -0.05) is 12.1 Å². The number of hydrogen-bond acceptors (Lipinski definition) is 3. The number of hydrogen-bond donors (Lipinski definition) is 1. The molecule has 0 aliphatic carbocycles. The van der Waals surface area contributed by atoms with Crippen molar-refractivity contribution in [3.05, 3.63) is 24.3 Å². The van der Waals surface area contributed by atoms with Crippen molar-refractivity contribution >= 4 is 6.29 Å². The van der Waals surface area contributed by atoms with E-state index in [1.165, 1.54) is 6.07 Å². The Kier molecular flexibility index (Phi) is 3.14. The fourth-order valence-electron chi connectivity index (χ4n) is 0.796. The van der Waals surface area contributed by atoms with Crippen LogP contribution in [0.2, 0.25) is 0 Å². The molecule has 0 aromatic heterocycles. The van der Waals surface area contributed by atoms with Crippen molar-refractivity contribution in [1.82, 2.24) is 0 Å². The van der Waals surface area contributed by atoms with Crippen molar-refractivity contribution < 1.29 is 14.6 Å². The van der Waals surface area contributed by atoms with E-state index in [9.17, 15) is 9.90 Å². The fraction of sp³-hybridized carbons (Fsp3) is 0.222. The Hall–Kier alpha value is -1.51. The number of aldehydes is 1. The van der Waals surface area contributed by atoms with Gasteiger partial charge in [-0.25, -0.2) is 0 Å². The molecule has 0 heterocycles. The van der Waals surface area contributed by atoms with Gasteiger partial charge >= 0.3 is 0 Å². The Morgan fingerprint density at radius 2 is 2.17 bits per heavy atom. The molecule has 1 N–H and O–H groups in total. The first-order chi connectivity index (χ1) is 5.84. The summed E-state index contributed by atoms with van der Waals surface area (Å²) in [5, 5.41) is 9.20. The molecule has 0 bridgehead atoms. The minimum Gasteiger partial charge on any atom is -0.504 e. The monoisotopic (exact) mass is 166 g/mol. The molecule has 0 atom stereocenters. The molecule has 1 aromatic rings. The smallest absolute Gasteiger partial charge is 0.160 e. The SMILES string of the molecule is O=CCCOc1ccccc1O. The van der Waals surface area contributed by atoms with E-state index < -0.39 is 0 Å². The van der Waals surface area contributed by atoms with Crippen LogP contribution in [0.5, 0.6) is 11.5 Å². The molecule has 0 saturated heterocycles. The second-order valence-corrected chi connectivity index (χ2v) is 2.27. The number of aromatic hydroxyl groups is 1. The van der Waals surface area contributed by atoms with E-state index in [1.807, 2.05) is 0 Å². The van der Waals surface area contributed by atoms with Crippen molar-refractivity contribution in [2.24, 2.45) is 0 Å². The molecule has 0 unspecified atom stereocenters. The largest absolute Gasteiger partial charge is 0.504 e. The summed E-state index contributed by atoms with van der Waals surface area (Å²) in [6.45, 7) is 0.307. The van der Waals surface area contributed by atoms with E-state index in [-0.39, 0.29) is 5.75 Å². The van der Waals surface area contributed by atoms with Crippen molar-refractivity contribution in [2.75, 3.05) is 6.61 Å². The number of phenolic OH excluding ortho intramolecular Hbond substituents is 1. The molecule has 1 rings (SSSR count). The molecule has 0 amide bonds. The van der Waals surface area contributed by atoms with Gasteiger partial charge in [0.25, 0.3) is 0 Å². The predicted molar refractivity (Wildman–Crippen MR) is 44.3 cm³/mol. The van der Waals surface area contributed by atoms with Crippen LogP contribution in [0, 0.1) is 0 Å². The van der Waals surface area contributed by atoms with Crippen LogP contribution in [0.1, 0.15) is 6.42 Å². The predicted octanol–water partition coefficient (Wildman–Crippen LogP) is 1.36. The molecule has 0 aliphatic heterocycles. The van der Waals surface area contributed by atoms with E-state index in [4.69, 9.17) is 4.74 Å². The molecule has 1 aromatic carbocycles. The number of carbonyl (C=O) groups excluding carboxylic acids is 1. The number of phenols is 1. The summed E-state index contributed by atoms with van der Waals surface area (Å²) in [6.07, 6.45) is 1.12. The molecule has 0 aliphatic rings. The lowest BCUT2D eigenvalue weighted by atomic mass is 10.3. The topological polar surface area (TPSA) is 46.5 Å². The van der Waals surface area contributed by atoms with E-state index >= 15 is 0 Å². The zero-order valence-electron chi connectivity index (χ0n) is 6.56. The fourth-order valence-corrected chi connectivity index (χ4v) is 0.796. The number of rotatable bonds is 4. The molecular formula is C9H10O3. The third-order valence-corrected chi connectivity index (χ3v) is 1.36. The molecule has 3 nitrogen and oxygen atoms in total. The molecule has 64 valence electrons. The lowest BCUT2D eigenvalue weighted by Crippen LogP contribution is -1.97. The lowest BCUT2D eigenvalue weighted by molar-refractivity contribution is -0.108. The van der Waals surface area contributed by atoms with Gasteiger partial charge in [0.2, 0.25) is 0 Å². The van der Waals surface area contributed by atoms with E-state index in [2.05, 4.69) is 0 Å². The second kappa shape index (κ2) is 4.38. The van der Waals surface area contributed by atoms with Gasteiger partial charge in [0, 0.05) is 6.42 Å². The molecule has 0 spiro atoms. The maximum Gasteiger partial charge on any atom is 0.160 e. The minimum atomic E-state index is 0.100. The molecule has 0 radical (unpaired) electrons. The first-order valence-electron chi connectivity index (χ1n) is 3.69. The average molecular weight is 166 g/mol. The van der Waals surface area contributed by atoms with Gasteiger partial charge in [-0.2, -0.15) is 0 Å². The summed E-state index contributed by atoms with van der Waals surface area (Å²) in [4.78, 5) is 9.94. The Balaban J connectivity index is 2.51. The molecule has 0 fully saturated rings. The van der Waals surface area contributed by atoms with Crippen LogP contribution in [-0.2, 0) is 4.79 Å². The normalized spacial score (nSPS) is 9.33. The summed E-state index contributed by atoms with van der Waals surface area (Å²) in [5.74, 6) is 0.516. The summed E-state index contributed by atoms with van der Waals surface area (Å²) in [7, 11) is 0. The van der Waals surface area contributed by atoms with E-state index in [1.54, 1.807) is 18.2 Å². The summed E-state index contributed by atoms with van der Waals surface area (Å²) in [5.41, 5.74) is 0. The Morgan fingerprint density at radius 3 is 2.83 bits per heavy atom. The molecule has 3 heteroatoms. The molecular weight excluding hydrogens is 156 g/mol. The second-order valence-electron chi connectivity index (χ2n) is 2.27. The van der Waals surface area contributed by atoms with Crippen LogP contribution in [0.15, 0.2) is 24.3 Å². The number of benzene rings is 1. The van der Waals surface area contributed by atoms with Crippen LogP contribution in [-0.4, -0.2) is 18.0 Å².